The number of nitrogens with one attached hydrogen (secondary N) is 2. The summed E-state index contributed by atoms with van der Waals surface area (Å²) in [6.07, 6.45) is 1.63. The Morgan fingerprint density at radius 2 is 2.33 bits per heavy atom. The Balaban J connectivity index is 0.00000196. The van der Waals surface area contributed by atoms with E-state index in [4.69, 9.17) is 11.6 Å². The summed E-state index contributed by atoms with van der Waals surface area (Å²) in [6.45, 7) is 0.821. The Bertz CT molecular complexity index is 320. The number of amides is 1. The predicted octanol–water partition coefficient (Wildman–Crippen LogP) is 0.992. The van der Waals surface area contributed by atoms with Crippen molar-refractivity contribution in [1.82, 2.24) is 15.6 Å². The Kier molecular flexibility index (Phi) is 7.03. The van der Waals surface area contributed by atoms with Gasteiger partial charge in [-0.2, -0.15) is 0 Å². The lowest BCUT2D eigenvalue weighted by Gasteiger charge is -2.04. The molecule has 0 aliphatic carbocycles. The fraction of sp³-hybridized carbons (Fsp3) is 0.333. The van der Waals surface area contributed by atoms with Gasteiger partial charge in [0.25, 0.3) is 0 Å². The molecule has 2 N–H and O–H groups in total. The summed E-state index contributed by atoms with van der Waals surface area (Å²) in [6, 6.07) is 3.68. The van der Waals surface area contributed by atoms with Crippen LogP contribution in [0.3, 0.4) is 0 Å². The zero-order valence-corrected chi connectivity index (χ0v) is 9.86. The number of hydrogen-bond donors (Lipinski definition) is 2. The van der Waals surface area contributed by atoms with E-state index in [0.717, 1.165) is 5.56 Å². The molecule has 0 spiro atoms. The molecule has 1 rings (SSSR count). The summed E-state index contributed by atoms with van der Waals surface area (Å²) in [5, 5.41) is 5.94. The molecule has 0 aromatic carbocycles. The molecule has 1 heterocycles. The monoisotopic (exact) mass is 249 g/mol. The van der Waals surface area contributed by atoms with E-state index in [-0.39, 0.29) is 24.9 Å². The average Bonchev–Trinajstić information content (AvgIpc) is 2.20. The molecule has 1 aromatic heterocycles. The second-order valence-electron chi connectivity index (χ2n) is 2.73. The Morgan fingerprint density at radius 3 is 2.93 bits per heavy atom. The van der Waals surface area contributed by atoms with E-state index in [0.29, 0.717) is 11.7 Å². The zero-order chi connectivity index (χ0) is 10.4. The highest BCUT2D eigenvalue weighted by molar-refractivity contribution is 6.30. The topological polar surface area (TPSA) is 54.0 Å². The first-order valence-corrected chi connectivity index (χ1v) is 4.62. The number of nitrogens with zero attached hydrogens (tertiary/aromatic N) is 1. The molecule has 0 saturated heterocycles. The second-order valence-corrected chi connectivity index (χ2v) is 3.09. The molecule has 0 fully saturated rings. The van der Waals surface area contributed by atoms with Gasteiger partial charge in [-0.3, -0.25) is 4.79 Å². The van der Waals surface area contributed by atoms with Crippen molar-refractivity contribution in [3.05, 3.63) is 29.0 Å². The molecular weight excluding hydrogens is 237 g/mol. The SMILES string of the molecule is CNC(=O)CNCc1cccnc1Cl.Cl. The molecule has 84 valence electrons. The van der Waals surface area contributed by atoms with Crippen LogP contribution in [-0.2, 0) is 11.3 Å². The second kappa shape index (κ2) is 7.45. The van der Waals surface area contributed by atoms with Gasteiger partial charge in [0, 0.05) is 25.4 Å². The van der Waals surface area contributed by atoms with E-state index in [2.05, 4.69) is 15.6 Å². The standard InChI is InChI=1S/C9H12ClN3O.ClH/c1-11-8(14)6-12-5-7-3-2-4-13-9(7)10;/h2-4,12H,5-6H2,1H3,(H,11,14);1H. The van der Waals surface area contributed by atoms with Crippen LogP contribution in [0.1, 0.15) is 5.56 Å². The summed E-state index contributed by atoms with van der Waals surface area (Å²) in [5.74, 6) is -0.0509. The maximum Gasteiger partial charge on any atom is 0.233 e. The summed E-state index contributed by atoms with van der Waals surface area (Å²) in [7, 11) is 1.60. The predicted molar refractivity (Wildman–Crippen MR) is 62.3 cm³/mol. The molecule has 0 unspecified atom stereocenters. The van der Waals surface area contributed by atoms with Crippen LogP contribution in [-0.4, -0.2) is 24.5 Å². The minimum atomic E-state index is -0.0509. The van der Waals surface area contributed by atoms with Gasteiger partial charge in [-0.25, -0.2) is 4.98 Å². The molecule has 0 saturated carbocycles. The smallest absolute Gasteiger partial charge is 0.233 e. The van der Waals surface area contributed by atoms with Gasteiger partial charge in [0.05, 0.1) is 6.54 Å². The largest absolute Gasteiger partial charge is 0.358 e. The minimum absolute atomic E-state index is 0. The first-order chi connectivity index (χ1) is 6.74. The van der Waals surface area contributed by atoms with Crippen LogP contribution in [0.15, 0.2) is 18.3 Å². The van der Waals surface area contributed by atoms with Gasteiger partial charge in [0.15, 0.2) is 0 Å². The van der Waals surface area contributed by atoms with Crippen molar-refractivity contribution in [2.45, 2.75) is 6.54 Å². The molecule has 1 aromatic rings. The third-order valence-electron chi connectivity index (χ3n) is 1.72. The van der Waals surface area contributed by atoms with E-state index in [1.165, 1.54) is 0 Å². The normalized spacial score (nSPS) is 9.20. The summed E-state index contributed by atoms with van der Waals surface area (Å²) >= 11 is 5.82. The number of halogens is 2. The van der Waals surface area contributed by atoms with Crippen LogP contribution in [0, 0.1) is 0 Å². The maximum atomic E-state index is 10.9. The molecule has 6 heteroatoms. The zero-order valence-electron chi connectivity index (χ0n) is 8.29. The molecule has 15 heavy (non-hydrogen) atoms. The van der Waals surface area contributed by atoms with Crippen molar-refractivity contribution in [1.29, 1.82) is 0 Å². The van der Waals surface area contributed by atoms with Crippen molar-refractivity contribution >= 4 is 29.9 Å². The van der Waals surface area contributed by atoms with Gasteiger partial charge in [0.1, 0.15) is 5.15 Å². The van der Waals surface area contributed by atoms with E-state index in [9.17, 15) is 4.79 Å². The van der Waals surface area contributed by atoms with E-state index < -0.39 is 0 Å². The van der Waals surface area contributed by atoms with Crippen LogP contribution < -0.4 is 10.6 Å². The van der Waals surface area contributed by atoms with Crippen molar-refractivity contribution in [2.75, 3.05) is 13.6 Å². The number of hydrogen-bond acceptors (Lipinski definition) is 3. The fourth-order valence-electron chi connectivity index (χ4n) is 0.950. The fourth-order valence-corrected chi connectivity index (χ4v) is 1.14. The van der Waals surface area contributed by atoms with Crippen molar-refractivity contribution in [3.8, 4) is 0 Å². The van der Waals surface area contributed by atoms with Crippen LogP contribution in [0.25, 0.3) is 0 Å². The van der Waals surface area contributed by atoms with Crippen LogP contribution >= 0.6 is 24.0 Å². The molecule has 0 aliphatic heterocycles. The Morgan fingerprint density at radius 1 is 1.60 bits per heavy atom. The summed E-state index contributed by atoms with van der Waals surface area (Å²) < 4.78 is 0. The van der Waals surface area contributed by atoms with Crippen molar-refractivity contribution < 1.29 is 4.79 Å². The summed E-state index contributed by atoms with van der Waals surface area (Å²) in [4.78, 5) is 14.8. The summed E-state index contributed by atoms with van der Waals surface area (Å²) in [5.41, 5.74) is 0.887. The van der Waals surface area contributed by atoms with Crippen molar-refractivity contribution in [2.24, 2.45) is 0 Å². The number of likely N-dealkylation sites (N-methyl/N-ethyl adjacent to an activating group) is 1. The number of pyridine rings is 1. The number of aromatic nitrogens is 1. The minimum Gasteiger partial charge on any atom is -0.358 e. The quantitative estimate of drug-likeness (QED) is 0.783. The molecule has 4 nitrogen and oxygen atoms in total. The van der Waals surface area contributed by atoms with Crippen LogP contribution in [0.2, 0.25) is 5.15 Å². The first-order valence-electron chi connectivity index (χ1n) is 4.24. The first kappa shape index (κ1) is 14.2. The van der Waals surface area contributed by atoms with Crippen molar-refractivity contribution in [3.63, 3.8) is 0 Å². The highest BCUT2D eigenvalue weighted by Crippen LogP contribution is 2.10. The highest BCUT2D eigenvalue weighted by Gasteiger charge is 2.00. The van der Waals surface area contributed by atoms with E-state index >= 15 is 0 Å². The molecule has 0 radical (unpaired) electrons. The molecule has 0 atom stereocenters. The third kappa shape index (κ3) is 4.97. The molecule has 1 amide bonds. The molecular formula is C9H13Cl2N3O. The van der Waals surface area contributed by atoms with Gasteiger partial charge in [-0.15, -0.1) is 12.4 Å². The van der Waals surface area contributed by atoms with E-state index in [1.54, 1.807) is 13.2 Å². The number of rotatable bonds is 4. The van der Waals surface area contributed by atoms with Gasteiger partial charge >= 0.3 is 0 Å². The average molecular weight is 250 g/mol. The van der Waals surface area contributed by atoms with Crippen LogP contribution in [0.4, 0.5) is 0 Å². The van der Waals surface area contributed by atoms with E-state index in [1.807, 2.05) is 12.1 Å². The van der Waals surface area contributed by atoms with Gasteiger partial charge in [-0.1, -0.05) is 17.7 Å². The van der Waals surface area contributed by atoms with Gasteiger partial charge < -0.3 is 10.6 Å². The third-order valence-corrected chi connectivity index (χ3v) is 2.06. The lowest BCUT2D eigenvalue weighted by atomic mass is 10.3. The lowest BCUT2D eigenvalue weighted by Crippen LogP contribution is -2.31. The highest BCUT2D eigenvalue weighted by atomic mass is 35.5. The number of carbonyl (C=O) groups excluding carboxylic acids is 1. The lowest BCUT2D eigenvalue weighted by molar-refractivity contribution is -0.119. The van der Waals surface area contributed by atoms with Gasteiger partial charge in [0.2, 0.25) is 5.91 Å². The maximum absolute atomic E-state index is 10.9. The number of carbonyl (C=O) groups is 1. The van der Waals surface area contributed by atoms with Gasteiger partial charge in [-0.05, 0) is 6.07 Å². The Hall–Kier alpha value is -0.840. The van der Waals surface area contributed by atoms with Crippen LogP contribution in [0.5, 0.6) is 0 Å². The molecule has 0 aliphatic rings. The Labute approximate surface area is 99.8 Å². The molecule has 0 bridgehead atoms.